The number of carbonyl (C=O) groups excluding carboxylic acids is 3. The van der Waals surface area contributed by atoms with Crippen LogP contribution in [-0.4, -0.2) is 47.8 Å². The van der Waals surface area contributed by atoms with Gasteiger partial charge in [-0.2, -0.15) is 0 Å². The molecule has 34 heavy (non-hydrogen) atoms. The van der Waals surface area contributed by atoms with E-state index in [-0.39, 0.29) is 11.5 Å². The highest BCUT2D eigenvalue weighted by atomic mass is 16.5. The van der Waals surface area contributed by atoms with Gasteiger partial charge in [-0.3, -0.25) is 4.79 Å². The summed E-state index contributed by atoms with van der Waals surface area (Å²) < 4.78 is 15.6. The van der Waals surface area contributed by atoms with E-state index in [1.54, 1.807) is 24.3 Å². The third-order valence-electron chi connectivity index (χ3n) is 5.03. The van der Waals surface area contributed by atoms with Crippen molar-refractivity contribution < 1.29 is 28.3 Å². The van der Waals surface area contributed by atoms with Gasteiger partial charge in [0, 0.05) is 11.1 Å². The number of benzene rings is 2. The maximum absolute atomic E-state index is 12.3. The molecule has 0 saturated carbocycles. The summed E-state index contributed by atoms with van der Waals surface area (Å²) in [6.45, 7) is 5.28. The molecule has 1 aromatic heterocycles. The van der Waals surface area contributed by atoms with Crippen LogP contribution in [0.4, 0.5) is 0 Å². The van der Waals surface area contributed by atoms with E-state index in [0.717, 1.165) is 11.1 Å². The number of rotatable bonds is 9. The lowest BCUT2D eigenvalue weighted by atomic mass is 10.0. The van der Waals surface area contributed by atoms with Crippen molar-refractivity contribution in [1.82, 2.24) is 15.5 Å². The van der Waals surface area contributed by atoms with Crippen LogP contribution in [0.3, 0.4) is 0 Å². The molecule has 1 atom stereocenters. The number of ether oxygens (including phenoxy) is 2. The minimum atomic E-state index is -0.797. The third kappa shape index (κ3) is 6.28. The first-order valence-electron chi connectivity index (χ1n) is 10.8. The predicted molar refractivity (Wildman–Crippen MR) is 124 cm³/mol. The van der Waals surface area contributed by atoms with Crippen molar-refractivity contribution in [2.24, 2.45) is 5.92 Å². The number of nitrogens with zero attached hydrogens (tertiary/aromatic N) is 2. The number of carbonyl (C=O) groups is 3. The molecule has 0 bridgehead atoms. The smallest absolute Gasteiger partial charge is 0.338 e. The van der Waals surface area contributed by atoms with Crippen LogP contribution in [0, 0.1) is 12.8 Å². The Hall–Kier alpha value is -4.01. The van der Waals surface area contributed by atoms with Gasteiger partial charge in [0.25, 0.3) is 5.91 Å². The zero-order valence-corrected chi connectivity index (χ0v) is 19.5. The molecule has 1 heterocycles. The molecular formula is C25H27N3O6. The van der Waals surface area contributed by atoms with Crippen LogP contribution in [-0.2, 0) is 19.1 Å². The number of aromatic nitrogens is 2. The van der Waals surface area contributed by atoms with E-state index in [0.29, 0.717) is 23.8 Å². The molecule has 0 spiro atoms. The molecule has 0 aliphatic heterocycles. The number of methoxy groups -OCH3 is 1. The van der Waals surface area contributed by atoms with Gasteiger partial charge in [-0.25, -0.2) is 9.59 Å². The van der Waals surface area contributed by atoms with Crippen LogP contribution in [0.15, 0.2) is 52.9 Å². The molecule has 178 valence electrons. The van der Waals surface area contributed by atoms with Gasteiger partial charge >= 0.3 is 11.9 Å². The SMILES string of the molecule is COC(=O)C(CC(C)C)NC(=O)COC(=O)c1ccc(-c2nnc(-c3ccccc3C)o2)cc1. The van der Waals surface area contributed by atoms with Gasteiger partial charge in [-0.1, -0.05) is 32.0 Å². The second-order valence-electron chi connectivity index (χ2n) is 8.15. The minimum Gasteiger partial charge on any atom is -0.467 e. The molecule has 1 amide bonds. The van der Waals surface area contributed by atoms with Crippen molar-refractivity contribution in [3.63, 3.8) is 0 Å². The van der Waals surface area contributed by atoms with E-state index >= 15 is 0 Å². The molecule has 0 fully saturated rings. The number of amides is 1. The summed E-state index contributed by atoms with van der Waals surface area (Å²) in [4.78, 5) is 36.3. The van der Waals surface area contributed by atoms with E-state index in [1.165, 1.54) is 7.11 Å². The average Bonchev–Trinajstić information content (AvgIpc) is 3.31. The number of hydrogen-bond acceptors (Lipinski definition) is 8. The minimum absolute atomic E-state index is 0.164. The lowest BCUT2D eigenvalue weighted by Gasteiger charge is -2.18. The molecule has 0 aliphatic carbocycles. The molecule has 3 rings (SSSR count). The summed E-state index contributed by atoms with van der Waals surface area (Å²) in [5.74, 6) is -0.920. The Labute approximate surface area is 197 Å². The van der Waals surface area contributed by atoms with E-state index in [4.69, 9.17) is 13.9 Å². The maximum atomic E-state index is 12.3. The third-order valence-corrected chi connectivity index (χ3v) is 5.03. The standard InChI is InChI=1S/C25H27N3O6/c1-15(2)13-20(25(31)32-4)26-21(29)14-33-24(30)18-11-9-17(10-12-18)22-27-28-23(34-22)19-8-6-5-7-16(19)3/h5-12,15,20H,13-14H2,1-4H3,(H,26,29). The summed E-state index contributed by atoms with van der Waals surface area (Å²) in [6.07, 6.45) is 0.412. The van der Waals surface area contributed by atoms with Gasteiger partial charge < -0.3 is 19.2 Å². The highest BCUT2D eigenvalue weighted by Crippen LogP contribution is 2.26. The average molecular weight is 466 g/mol. The molecule has 0 saturated heterocycles. The Morgan fingerprint density at radius 3 is 2.32 bits per heavy atom. The van der Waals surface area contributed by atoms with E-state index in [1.807, 2.05) is 45.0 Å². The second kappa shape index (κ2) is 11.2. The molecule has 9 heteroatoms. The molecule has 2 aromatic carbocycles. The molecule has 1 unspecified atom stereocenters. The largest absolute Gasteiger partial charge is 0.467 e. The van der Waals surface area contributed by atoms with Crippen molar-refractivity contribution in [2.45, 2.75) is 33.2 Å². The summed E-state index contributed by atoms with van der Waals surface area (Å²) in [5.41, 5.74) is 2.75. The van der Waals surface area contributed by atoms with E-state index < -0.39 is 30.5 Å². The second-order valence-corrected chi connectivity index (χ2v) is 8.15. The van der Waals surface area contributed by atoms with Crippen molar-refractivity contribution in [1.29, 1.82) is 0 Å². The number of nitrogens with one attached hydrogen (secondary N) is 1. The molecule has 0 radical (unpaired) electrons. The van der Waals surface area contributed by atoms with Crippen LogP contribution < -0.4 is 5.32 Å². The highest BCUT2D eigenvalue weighted by Gasteiger charge is 2.23. The van der Waals surface area contributed by atoms with Crippen LogP contribution >= 0.6 is 0 Å². The van der Waals surface area contributed by atoms with Crippen LogP contribution in [0.1, 0.15) is 36.2 Å². The zero-order valence-electron chi connectivity index (χ0n) is 19.5. The number of esters is 2. The summed E-state index contributed by atoms with van der Waals surface area (Å²) in [5, 5.41) is 10.7. The molecular weight excluding hydrogens is 438 g/mol. The van der Waals surface area contributed by atoms with E-state index in [9.17, 15) is 14.4 Å². The van der Waals surface area contributed by atoms with Gasteiger partial charge in [0.15, 0.2) is 6.61 Å². The lowest BCUT2D eigenvalue weighted by molar-refractivity contribution is -0.145. The topological polar surface area (TPSA) is 121 Å². The van der Waals surface area contributed by atoms with Crippen LogP contribution in [0.5, 0.6) is 0 Å². The number of hydrogen-bond donors (Lipinski definition) is 1. The van der Waals surface area contributed by atoms with Gasteiger partial charge in [0.05, 0.1) is 12.7 Å². The Balaban J connectivity index is 1.59. The van der Waals surface area contributed by atoms with Crippen molar-refractivity contribution in [3.05, 3.63) is 59.7 Å². The summed E-state index contributed by atoms with van der Waals surface area (Å²) in [7, 11) is 1.25. The molecule has 0 aliphatic rings. The quantitative estimate of drug-likeness (QED) is 0.476. The zero-order chi connectivity index (χ0) is 24.7. The Bertz CT molecular complexity index is 1150. The molecule has 3 aromatic rings. The first-order valence-corrected chi connectivity index (χ1v) is 10.8. The van der Waals surface area contributed by atoms with Gasteiger partial charge in [0.2, 0.25) is 11.8 Å². The Kier molecular flexibility index (Phi) is 8.13. The first kappa shape index (κ1) is 24.6. The number of aryl methyl sites for hydroxylation is 1. The van der Waals surface area contributed by atoms with Gasteiger partial charge in [0.1, 0.15) is 6.04 Å². The molecule has 1 N–H and O–H groups in total. The van der Waals surface area contributed by atoms with Gasteiger partial charge in [-0.15, -0.1) is 10.2 Å². The summed E-state index contributed by atoms with van der Waals surface area (Å²) in [6, 6.07) is 13.3. The predicted octanol–water partition coefficient (Wildman–Crippen LogP) is 3.57. The van der Waals surface area contributed by atoms with Crippen LogP contribution in [0.25, 0.3) is 22.9 Å². The van der Waals surface area contributed by atoms with E-state index in [2.05, 4.69) is 15.5 Å². The van der Waals surface area contributed by atoms with Crippen molar-refractivity contribution in [2.75, 3.05) is 13.7 Å². The lowest BCUT2D eigenvalue weighted by Crippen LogP contribution is -2.44. The van der Waals surface area contributed by atoms with Crippen molar-refractivity contribution >= 4 is 17.8 Å². The Morgan fingerprint density at radius 1 is 1.00 bits per heavy atom. The van der Waals surface area contributed by atoms with Crippen molar-refractivity contribution in [3.8, 4) is 22.9 Å². The molecule has 9 nitrogen and oxygen atoms in total. The fourth-order valence-corrected chi connectivity index (χ4v) is 3.29. The monoisotopic (exact) mass is 465 g/mol. The van der Waals surface area contributed by atoms with Gasteiger partial charge in [-0.05, 0) is 55.2 Å². The first-order chi connectivity index (χ1) is 16.3. The maximum Gasteiger partial charge on any atom is 0.338 e. The highest BCUT2D eigenvalue weighted by molar-refractivity contribution is 5.92. The fourth-order valence-electron chi connectivity index (χ4n) is 3.29. The Morgan fingerprint density at radius 2 is 1.68 bits per heavy atom. The van der Waals surface area contributed by atoms with Crippen LogP contribution in [0.2, 0.25) is 0 Å². The normalized spacial score (nSPS) is 11.7. The summed E-state index contributed by atoms with van der Waals surface area (Å²) >= 11 is 0. The fraction of sp³-hybridized carbons (Fsp3) is 0.320.